The van der Waals surface area contributed by atoms with Gasteiger partial charge in [0.05, 0.1) is 18.2 Å². The number of carbonyl (C=O) groups excluding carboxylic acids is 1. The standard InChI is InChI=1S/C22H16F3IN2O4S/c23-22(24,25)17-8-11-20(33(30,31)32-19-4-2-1-3-5-19)16(13-17)14-27-28-21(29)12-15-6-9-18(26)10-7-15/h1-11,13-14H,12H2,(H,28,29). The highest BCUT2D eigenvalue weighted by Gasteiger charge is 2.32. The molecule has 1 amide bonds. The lowest BCUT2D eigenvalue weighted by Gasteiger charge is -2.12. The summed E-state index contributed by atoms with van der Waals surface area (Å²) in [6, 6.07) is 16.7. The van der Waals surface area contributed by atoms with E-state index in [-0.39, 0.29) is 12.2 Å². The summed E-state index contributed by atoms with van der Waals surface area (Å²) >= 11 is 2.12. The van der Waals surface area contributed by atoms with Crippen LogP contribution in [-0.4, -0.2) is 20.5 Å². The summed E-state index contributed by atoms with van der Waals surface area (Å²) in [5, 5.41) is 3.65. The monoisotopic (exact) mass is 588 g/mol. The molecule has 0 unspecified atom stereocenters. The Balaban J connectivity index is 1.85. The first-order valence-corrected chi connectivity index (χ1v) is 11.8. The molecule has 0 heterocycles. The molecule has 0 bridgehead atoms. The Labute approximate surface area is 201 Å². The minimum atomic E-state index is -4.71. The molecular formula is C22H16F3IN2O4S. The van der Waals surface area contributed by atoms with E-state index >= 15 is 0 Å². The average Bonchev–Trinajstić information content (AvgIpc) is 2.75. The smallest absolute Gasteiger partial charge is 0.379 e. The van der Waals surface area contributed by atoms with Crippen LogP contribution in [0.2, 0.25) is 0 Å². The maximum atomic E-state index is 13.2. The zero-order valence-corrected chi connectivity index (χ0v) is 19.7. The van der Waals surface area contributed by atoms with Gasteiger partial charge in [-0.3, -0.25) is 4.79 Å². The first-order valence-electron chi connectivity index (χ1n) is 9.32. The Bertz CT molecular complexity index is 1260. The van der Waals surface area contributed by atoms with Gasteiger partial charge in [0.1, 0.15) is 10.6 Å². The Hall–Kier alpha value is -2.93. The van der Waals surface area contributed by atoms with Gasteiger partial charge in [0, 0.05) is 9.13 Å². The van der Waals surface area contributed by atoms with E-state index in [1.807, 2.05) is 12.1 Å². The van der Waals surface area contributed by atoms with Crippen LogP contribution >= 0.6 is 22.6 Å². The Morgan fingerprint density at radius 3 is 2.33 bits per heavy atom. The van der Waals surface area contributed by atoms with Crippen molar-refractivity contribution in [3.8, 4) is 5.75 Å². The number of hydrogen-bond donors (Lipinski definition) is 1. The van der Waals surface area contributed by atoms with Crippen molar-refractivity contribution in [2.75, 3.05) is 0 Å². The molecule has 3 aromatic rings. The van der Waals surface area contributed by atoms with E-state index in [2.05, 4.69) is 33.1 Å². The Morgan fingerprint density at radius 2 is 1.70 bits per heavy atom. The number of nitrogens with zero attached hydrogens (tertiary/aromatic N) is 1. The highest BCUT2D eigenvalue weighted by Crippen LogP contribution is 2.32. The van der Waals surface area contributed by atoms with Gasteiger partial charge in [-0.2, -0.15) is 26.7 Å². The summed E-state index contributed by atoms with van der Waals surface area (Å²) in [5.41, 5.74) is 1.43. The van der Waals surface area contributed by atoms with Crippen LogP contribution in [0.15, 0.2) is 82.8 Å². The fourth-order valence-electron chi connectivity index (χ4n) is 2.70. The number of alkyl halides is 3. The molecule has 0 radical (unpaired) electrons. The maximum Gasteiger partial charge on any atom is 0.416 e. The largest absolute Gasteiger partial charge is 0.416 e. The van der Waals surface area contributed by atoms with E-state index < -0.39 is 38.2 Å². The molecule has 3 aromatic carbocycles. The molecule has 0 aliphatic rings. The van der Waals surface area contributed by atoms with E-state index in [0.717, 1.165) is 15.9 Å². The van der Waals surface area contributed by atoms with Gasteiger partial charge in [-0.25, -0.2) is 5.43 Å². The van der Waals surface area contributed by atoms with Crippen LogP contribution in [0.25, 0.3) is 0 Å². The van der Waals surface area contributed by atoms with Crippen LogP contribution in [0.3, 0.4) is 0 Å². The van der Waals surface area contributed by atoms with Crippen molar-refractivity contribution in [1.82, 2.24) is 5.43 Å². The van der Waals surface area contributed by atoms with E-state index in [1.165, 1.54) is 12.1 Å². The predicted molar refractivity (Wildman–Crippen MR) is 124 cm³/mol. The van der Waals surface area contributed by atoms with Crippen LogP contribution in [0.1, 0.15) is 16.7 Å². The highest BCUT2D eigenvalue weighted by atomic mass is 127. The lowest BCUT2D eigenvalue weighted by molar-refractivity contribution is -0.137. The lowest BCUT2D eigenvalue weighted by atomic mass is 10.1. The Morgan fingerprint density at radius 1 is 1.03 bits per heavy atom. The van der Waals surface area contributed by atoms with Gasteiger partial charge in [-0.1, -0.05) is 30.3 Å². The number of para-hydroxylation sites is 1. The van der Waals surface area contributed by atoms with Crippen molar-refractivity contribution in [1.29, 1.82) is 0 Å². The molecule has 1 N–H and O–H groups in total. The van der Waals surface area contributed by atoms with Gasteiger partial charge in [-0.05, 0) is 70.6 Å². The summed E-state index contributed by atoms with van der Waals surface area (Å²) in [4.78, 5) is 11.6. The van der Waals surface area contributed by atoms with Crippen molar-refractivity contribution in [2.45, 2.75) is 17.5 Å². The van der Waals surface area contributed by atoms with Gasteiger partial charge in [0.25, 0.3) is 0 Å². The summed E-state index contributed by atoms with van der Waals surface area (Å²) in [6.45, 7) is 0. The predicted octanol–water partition coefficient (Wildman–Crippen LogP) is 4.77. The van der Waals surface area contributed by atoms with E-state index in [1.54, 1.807) is 30.3 Å². The summed E-state index contributed by atoms with van der Waals surface area (Å²) < 4.78 is 70.9. The normalized spacial score (nSPS) is 12.0. The average molecular weight is 588 g/mol. The second-order valence-corrected chi connectivity index (χ2v) is 9.46. The number of carbonyl (C=O) groups is 1. The third-order valence-electron chi connectivity index (χ3n) is 4.23. The maximum absolute atomic E-state index is 13.2. The van der Waals surface area contributed by atoms with E-state index in [4.69, 9.17) is 4.18 Å². The van der Waals surface area contributed by atoms with Crippen molar-refractivity contribution >= 4 is 44.8 Å². The number of hydrazone groups is 1. The SMILES string of the molecule is O=C(Cc1ccc(I)cc1)NN=Cc1cc(C(F)(F)F)ccc1S(=O)(=O)Oc1ccccc1. The molecule has 33 heavy (non-hydrogen) atoms. The summed E-state index contributed by atoms with van der Waals surface area (Å²) in [6.07, 6.45) is -3.89. The molecule has 0 aliphatic heterocycles. The Kier molecular flexibility index (Phi) is 7.74. The van der Waals surface area contributed by atoms with Gasteiger partial charge in [-0.15, -0.1) is 0 Å². The van der Waals surface area contributed by atoms with Crippen molar-refractivity contribution < 1.29 is 30.6 Å². The minimum absolute atomic E-state index is 0.00823. The zero-order valence-electron chi connectivity index (χ0n) is 16.7. The molecule has 0 atom stereocenters. The van der Waals surface area contributed by atoms with Gasteiger partial charge < -0.3 is 4.18 Å². The second kappa shape index (κ2) is 10.3. The summed E-state index contributed by atoms with van der Waals surface area (Å²) in [5.74, 6) is -0.532. The molecule has 0 spiro atoms. The highest BCUT2D eigenvalue weighted by molar-refractivity contribution is 14.1. The molecule has 3 rings (SSSR count). The molecule has 0 fully saturated rings. The van der Waals surface area contributed by atoms with Crippen molar-refractivity contribution in [2.24, 2.45) is 5.10 Å². The molecule has 0 saturated heterocycles. The topological polar surface area (TPSA) is 84.8 Å². The van der Waals surface area contributed by atoms with Gasteiger partial charge >= 0.3 is 16.3 Å². The summed E-state index contributed by atoms with van der Waals surface area (Å²) in [7, 11) is -4.48. The first kappa shape index (κ1) is 24.7. The molecule has 11 heteroatoms. The number of nitrogens with one attached hydrogen (secondary N) is 1. The number of rotatable bonds is 7. The number of hydrogen-bond acceptors (Lipinski definition) is 5. The second-order valence-electron chi connectivity index (χ2n) is 6.70. The molecular weight excluding hydrogens is 572 g/mol. The fourth-order valence-corrected chi connectivity index (χ4v) is 4.15. The lowest BCUT2D eigenvalue weighted by Crippen LogP contribution is -2.20. The molecule has 0 saturated carbocycles. The molecule has 0 aromatic heterocycles. The molecule has 172 valence electrons. The number of halogens is 4. The zero-order chi connectivity index (χ0) is 24.1. The van der Waals surface area contributed by atoms with Crippen LogP contribution in [0, 0.1) is 3.57 Å². The van der Waals surface area contributed by atoms with Crippen LogP contribution in [-0.2, 0) is 27.5 Å². The fraction of sp³-hybridized carbons (Fsp3) is 0.0909. The van der Waals surface area contributed by atoms with E-state index in [9.17, 15) is 26.4 Å². The molecule has 0 aliphatic carbocycles. The van der Waals surface area contributed by atoms with Crippen LogP contribution in [0.5, 0.6) is 5.75 Å². The minimum Gasteiger partial charge on any atom is -0.379 e. The van der Waals surface area contributed by atoms with Crippen molar-refractivity contribution in [3.05, 3.63) is 93.1 Å². The molecule has 6 nitrogen and oxygen atoms in total. The number of amides is 1. The van der Waals surface area contributed by atoms with Gasteiger partial charge in [0.15, 0.2) is 0 Å². The van der Waals surface area contributed by atoms with Crippen LogP contribution in [0.4, 0.5) is 13.2 Å². The quantitative estimate of drug-likeness (QED) is 0.187. The first-order chi connectivity index (χ1) is 15.5. The number of benzene rings is 3. The van der Waals surface area contributed by atoms with Crippen LogP contribution < -0.4 is 9.61 Å². The van der Waals surface area contributed by atoms with Gasteiger partial charge in [0.2, 0.25) is 5.91 Å². The third-order valence-corrected chi connectivity index (χ3v) is 6.27. The van der Waals surface area contributed by atoms with Crippen molar-refractivity contribution in [3.63, 3.8) is 0 Å². The third kappa shape index (κ3) is 7.02. The van der Waals surface area contributed by atoms with E-state index in [0.29, 0.717) is 17.7 Å².